The van der Waals surface area contributed by atoms with Crippen molar-refractivity contribution < 1.29 is 13.9 Å². The highest BCUT2D eigenvalue weighted by molar-refractivity contribution is 5.93. The summed E-state index contributed by atoms with van der Waals surface area (Å²) in [5, 5.41) is 10.1. The summed E-state index contributed by atoms with van der Waals surface area (Å²) in [7, 11) is 1.42. The van der Waals surface area contributed by atoms with E-state index < -0.39 is 5.82 Å². The van der Waals surface area contributed by atoms with Crippen LogP contribution in [0.4, 0.5) is 16.0 Å². The molecule has 2 fully saturated rings. The van der Waals surface area contributed by atoms with Crippen LogP contribution in [0.25, 0.3) is 16.6 Å². The average Bonchev–Trinajstić information content (AvgIpc) is 3.50. The third-order valence-electron chi connectivity index (χ3n) is 7.17. The minimum absolute atomic E-state index is 0.118. The van der Waals surface area contributed by atoms with Crippen molar-refractivity contribution >= 4 is 28.2 Å². The Morgan fingerprint density at radius 1 is 1.14 bits per heavy atom. The maximum Gasteiger partial charge on any atom is 0.223 e. The van der Waals surface area contributed by atoms with Crippen LogP contribution in [-0.2, 0) is 4.74 Å². The fraction of sp³-hybridized carbons (Fsp3) is 0.500. The number of piperidine rings is 1. The molecular formula is C24H29FN8O2. The van der Waals surface area contributed by atoms with Crippen LogP contribution in [0.5, 0.6) is 5.75 Å². The second-order valence-electron chi connectivity index (χ2n) is 9.39. The van der Waals surface area contributed by atoms with Gasteiger partial charge in [0.15, 0.2) is 23.0 Å². The van der Waals surface area contributed by atoms with Gasteiger partial charge in [0.1, 0.15) is 0 Å². The Labute approximate surface area is 201 Å². The number of nitrogens with zero attached hydrogens (tertiary/aromatic N) is 7. The number of hydrogen-bond donors (Lipinski definition) is 1. The van der Waals surface area contributed by atoms with Gasteiger partial charge >= 0.3 is 0 Å². The zero-order chi connectivity index (χ0) is 24.1. The second-order valence-corrected chi connectivity index (χ2v) is 9.39. The summed E-state index contributed by atoms with van der Waals surface area (Å²) in [6.45, 7) is 5.38. The molecule has 0 aliphatic carbocycles. The van der Waals surface area contributed by atoms with Crippen molar-refractivity contribution in [1.82, 2.24) is 29.4 Å². The molecule has 0 amide bonds. The van der Waals surface area contributed by atoms with Gasteiger partial charge in [0.2, 0.25) is 5.95 Å². The topological polar surface area (TPSA) is 109 Å². The predicted octanol–water partition coefficient (Wildman–Crippen LogP) is 3.25. The van der Waals surface area contributed by atoms with Crippen molar-refractivity contribution in [3.8, 4) is 5.75 Å². The van der Waals surface area contributed by atoms with Crippen molar-refractivity contribution in [3.05, 3.63) is 35.7 Å². The number of aromatic nitrogens is 6. The molecule has 0 bridgehead atoms. The second kappa shape index (κ2) is 8.63. The fourth-order valence-corrected chi connectivity index (χ4v) is 5.30. The van der Waals surface area contributed by atoms with Gasteiger partial charge in [-0.15, -0.1) is 5.10 Å². The summed E-state index contributed by atoms with van der Waals surface area (Å²) >= 11 is 0. The lowest BCUT2D eigenvalue weighted by Crippen LogP contribution is -2.35. The molecule has 10 nitrogen and oxygen atoms in total. The Kier molecular flexibility index (Phi) is 5.43. The Balaban J connectivity index is 1.31. The van der Waals surface area contributed by atoms with Crippen molar-refractivity contribution in [2.45, 2.75) is 44.6 Å². The highest BCUT2D eigenvalue weighted by atomic mass is 19.1. The fourth-order valence-electron chi connectivity index (χ4n) is 5.30. The minimum Gasteiger partial charge on any atom is -0.494 e. The first-order chi connectivity index (χ1) is 17.0. The largest absolute Gasteiger partial charge is 0.494 e. The third-order valence-corrected chi connectivity index (χ3v) is 7.17. The Morgan fingerprint density at radius 3 is 2.77 bits per heavy atom. The van der Waals surface area contributed by atoms with Crippen LogP contribution in [0.15, 0.2) is 18.3 Å². The van der Waals surface area contributed by atoms with E-state index in [1.165, 1.54) is 23.8 Å². The smallest absolute Gasteiger partial charge is 0.223 e. The molecule has 2 N–H and O–H groups in total. The van der Waals surface area contributed by atoms with E-state index >= 15 is 0 Å². The number of hydrogen-bond acceptors (Lipinski definition) is 8. The first-order valence-corrected chi connectivity index (χ1v) is 12.1. The molecule has 0 spiro atoms. The molecule has 0 radical (unpaired) electrons. The van der Waals surface area contributed by atoms with Crippen LogP contribution >= 0.6 is 0 Å². The van der Waals surface area contributed by atoms with Crippen LogP contribution in [0, 0.1) is 12.7 Å². The molecule has 4 aromatic rings. The number of methoxy groups -OCH3 is 1. The van der Waals surface area contributed by atoms with Crippen LogP contribution in [-0.4, -0.2) is 62.8 Å². The first kappa shape index (κ1) is 22.0. The van der Waals surface area contributed by atoms with Crippen LogP contribution in [0.2, 0.25) is 0 Å². The molecule has 2 aliphatic heterocycles. The highest BCUT2D eigenvalue weighted by Crippen LogP contribution is 2.33. The Morgan fingerprint density at radius 2 is 1.97 bits per heavy atom. The molecule has 5 heterocycles. The van der Waals surface area contributed by atoms with Gasteiger partial charge in [0.05, 0.1) is 30.0 Å². The van der Waals surface area contributed by atoms with Crippen molar-refractivity contribution in [2.24, 2.45) is 0 Å². The molecule has 2 saturated heterocycles. The molecule has 3 aromatic heterocycles. The number of nitrogen functional groups attached to an aromatic ring is 1. The third kappa shape index (κ3) is 3.83. The monoisotopic (exact) mass is 480 g/mol. The predicted molar refractivity (Wildman–Crippen MR) is 129 cm³/mol. The molecule has 184 valence electrons. The lowest BCUT2D eigenvalue weighted by Gasteiger charge is -2.32. The van der Waals surface area contributed by atoms with Gasteiger partial charge in [-0.05, 0) is 38.7 Å². The number of halogens is 1. The van der Waals surface area contributed by atoms with Crippen LogP contribution in [0.1, 0.15) is 49.2 Å². The van der Waals surface area contributed by atoms with Crippen LogP contribution < -0.4 is 15.4 Å². The van der Waals surface area contributed by atoms with Gasteiger partial charge in [-0.1, -0.05) is 0 Å². The molecule has 1 atom stereocenters. The van der Waals surface area contributed by atoms with Crippen molar-refractivity contribution in [1.29, 1.82) is 0 Å². The number of ether oxygens (including phenoxy) is 2. The van der Waals surface area contributed by atoms with Gasteiger partial charge in [0, 0.05) is 49.9 Å². The van der Waals surface area contributed by atoms with Gasteiger partial charge in [-0.2, -0.15) is 9.61 Å². The van der Waals surface area contributed by atoms with E-state index in [0.29, 0.717) is 28.4 Å². The number of anilines is 2. The zero-order valence-corrected chi connectivity index (χ0v) is 19.9. The molecule has 1 aromatic carbocycles. The molecular weight excluding hydrogens is 451 g/mol. The first-order valence-electron chi connectivity index (χ1n) is 12.1. The van der Waals surface area contributed by atoms with E-state index in [9.17, 15) is 4.39 Å². The number of nitrogens with two attached hydrogens (primary N) is 1. The summed E-state index contributed by atoms with van der Waals surface area (Å²) in [5.41, 5.74) is 9.41. The maximum atomic E-state index is 14.5. The normalized spacial score (nSPS) is 19.6. The van der Waals surface area contributed by atoms with E-state index in [-0.39, 0.29) is 17.6 Å². The number of fused-ring (bicyclic) bond motifs is 3. The maximum absolute atomic E-state index is 14.5. The minimum atomic E-state index is -0.473. The van der Waals surface area contributed by atoms with Gasteiger partial charge < -0.3 is 20.1 Å². The average molecular weight is 481 g/mol. The lowest BCUT2D eigenvalue weighted by atomic mass is 9.97. The quantitative estimate of drug-likeness (QED) is 0.474. The molecule has 0 saturated carbocycles. The summed E-state index contributed by atoms with van der Waals surface area (Å²) in [6, 6.07) is 3.31. The lowest BCUT2D eigenvalue weighted by molar-refractivity contribution is 0.0662. The zero-order valence-electron chi connectivity index (χ0n) is 19.9. The van der Waals surface area contributed by atoms with E-state index in [4.69, 9.17) is 30.4 Å². The SMILES string of the molecule is COc1cc2nc(N)n3nc(C4CCCN(c5cn(C6CCOCC6)nc5C)C4)nc3c2cc1F. The van der Waals surface area contributed by atoms with E-state index in [1.807, 2.05) is 0 Å². The van der Waals surface area contributed by atoms with E-state index in [0.717, 1.165) is 63.4 Å². The highest BCUT2D eigenvalue weighted by Gasteiger charge is 2.28. The summed E-state index contributed by atoms with van der Waals surface area (Å²) in [4.78, 5) is 11.6. The summed E-state index contributed by atoms with van der Waals surface area (Å²) in [6.07, 6.45) is 6.14. The molecule has 2 aliphatic rings. The Bertz CT molecular complexity index is 1390. The molecule has 35 heavy (non-hydrogen) atoms. The summed E-state index contributed by atoms with van der Waals surface area (Å²) in [5.74, 6) is 0.668. The molecule has 6 rings (SSSR count). The summed E-state index contributed by atoms with van der Waals surface area (Å²) < 4.78 is 28.7. The number of benzene rings is 1. The van der Waals surface area contributed by atoms with E-state index in [1.54, 1.807) is 0 Å². The standard InChI is InChI=1S/C24H29FN8O2/c1-14-20(13-32(29-14)16-5-8-35-9-6-16)31-7-3-4-15(12-31)22-28-23-17-10-18(25)21(34-2)11-19(17)27-24(26)33(23)30-22/h10-11,13,15-16H,3-9,12H2,1-2H3,(H2,26,27). The van der Waals surface area contributed by atoms with Gasteiger partial charge in [-0.25, -0.2) is 14.4 Å². The molecule has 1 unspecified atom stereocenters. The van der Waals surface area contributed by atoms with E-state index in [2.05, 4.69) is 27.7 Å². The van der Waals surface area contributed by atoms with Crippen molar-refractivity contribution in [3.63, 3.8) is 0 Å². The molecule has 11 heteroatoms. The van der Waals surface area contributed by atoms with Gasteiger partial charge in [-0.3, -0.25) is 4.68 Å². The Hall–Kier alpha value is -3.47. The van der Waals surface area contributed by atoms with Crippen LogP contribution in [0.3, 0.4) is 0 Å². The van der Waals surface area contributed by atoms with Crippen molar-refractivity contribution in [2.75, 3.05) is 44.0 Å². The van der Waals surface area contributed by atoms with Gasteiger partial charge in [0.25, 0.3) is 0 Å². The number of rotatable bonds is 4. The number of aryl methyl sites for hydroxylation is 1.